The molecule has 0 saturated carbocycles. The van der Waals surface area contributed by atoms with Crippen LogP contribution in [0.2, 0.25) is 0 Å². The number of hydrogen-bond donors (Lipinski definition) is 0. The van der Waals surface area contributed by atoms with Crippen molar-refractivity contribution in [2.75, 3.05) is 9.80 Å². The Hall–Kier alpha value is -7.98. The van der Waals surface area contributed by atoms with Gasteiger partial charge in [-0.25, -0.2) is 4.98 Å². The van der Waals surface area contributed by atoms with Crippen molar-refractivity contribution in [2.45, 2.75) is 156 Å². The van der Waals surface area contributed by atoms with Crippen molar-refractivity contribution in [2.24, 2.45) is 0 Å². The number of pyridine rings is 1. The van der Waals surface area contributed by atoms with Gasteiger partial charge in [0.15, 0.2) is 0 Å². The summed E-state index contributed by atoms with van der Waals surface area (Å²) in [5.41, 5.74) is 6.43. The Bertz CT molecular complexity index is 5440. The van der Waals surface area contributed by atoms with Crippen molar-refractivity contribution in [3.63, 3.8) is 0 Å². The SMILES string of the molecule is [2H]c1c([2H])c([2H])c(-c2cnc(-n3c4[c-]c(Oc5[c-]c(N6[CH-]N(c7c(-c8ccc9c(c8)C(C)(C)CCC9(C)C)cc(C(C)(C)C)cc7-c7c([2H])c([2H])c(-c8c([2H])c(C(C)(C)C)c([2H])c(C(C)(C)C)c8[2H])c([2H])c7[2H])c7ccccc76)ccc5)ccc4c4c([2H])c([2H])c([2H])c([2H])c43)cc2C(C)(C)C)c([2H])c1[2H].[Pt]. The van der Waals surface area contributed by atoms with Gasteiger partial charge in [0.1, 0.15) is 5.82 Å². The van der Waals surface area contributed by atoms with Crippen LogP contribution in [0.3, 0.4) is 0 Å². The van der Waals surface area contributed by atoms with Crippen LogP contribution in [0.25, 0.3) is 72.1 Å². The molecular weight excluding hydrogens is 1280 g/mol. The van der Waals surface area contributed by atoms with Gasteiger partial charge in [0.05, 0.1) is 21.9 Å². The van der Waals surface area contributed by atoms with E-state index in [4.69, 9.17) is 19.3 Å². The van der Waals surface area contributed by atoms with Crippen LogP contribution in [0, 0.1) is 18.8 Å². The largest absolute Gasteiger partial charge is 0.509 e. The molecule has 2 aliphatic rings. The van der Waals surface area contributed by atoms with Crippen molar-refractivity contribution in [3.05, 3.63) is 246 Å². The standard InChI is InChI=1S/C84H85N4O.Pt/c1-79(2,3)59-43-58(44-60(46-59)80(4,5)6)54-33-35-56(36-34-54)67-47-61(81(7,8)9)48-68(57-37-40-70-72(45-57)84(15,16)42-41-83(70,13)14)78(67)87-53-86(74-31-22-23-32-75(74)87)62-27-24-28-63(49-62)89-64-38-39-66-65-29-20-21-30-73(65)88(76(66)50-64)77-51-71(82(10,11)12)69(52-85-77)55-25-18-17-19-26-55;/h17-40,43-48,51-53H,41-42H2,1-16H3;/q-3;/i17D,18D,19D,20D,21D,25D,26D,29D,30D,33D,34D,35D,36D,43D,44D,46D;. The van der Waals surface area contributed by atoms with Crippen LogP contribution in [0.1, 0.15) is 179 Å². The van der Waals surface area contributed by atoms with Crippen LogP contribution in [-0.4, -0.2) is 9.55 Å². The molecule has 1 aliphatic carbocycles. The van der Waals surface area contributed by atoms with Gasteiger partial charge in [-0.05, 0) is 148 Å². The van der Waals surface area contributed by atoms with E-state index in [9.17, 15) is 12.3 Å². The fraction of sp³-hybridized carbons (Fsp3) is 0.286. The fourth-order valence-corrected chi connectivity index (χ4v) is 12.3. The van der Waals surface area contributed by atoms with Gasteiger partial charge in [-0.1, -0.05) is 237 Å². The third-order valence-corrected chi connectivity index (χ3v) is 17.6. The average molecular weight is 1380 g/mol. The van der Waals surface area contributed by atoms with Crippen LogP contribution in [0.15, 0.2) is 194 Å². The molecule has 3 heterocycles. The molecule has 0 fully saturated rings. The van der Waals surface area contributed by atoms with E-state index in [1.54, 1.807) is 28.8 Å². The van der Waals surface area contributed by atoms with Crippen LogP contribution >= 0.6 is 0 Å². The number of fused-ring (bicyclic) bond motifs is 5. The third-order valence-electron chi connectivity index (χ3n) is 17.6. The zero-order chi connectivity index (χ0) is 76.7. The van der Waals surface area contributed by atoms with E-state index in [1.807, 2.05) is 121 Å². The molecule has 11 aromatic rings. The minimum absolute atomic E-state index is 0. The first-order chi connectivity index (χ1) is 48.8. The summed E-state index contributed by atoms with van der Waals surface area (Å²) in [6.07, 6.45) is 3.39. The number of benzene rings is 9. The summed E-state index contributed by atoms with van der Waals surface area (Å²) in [6.45, 7) is 34.5. The number of nitrogens with zero attached hydrogens (tertiary/aromatic N) is 4. The Morgan fingerprint density at radius 1 is 0.500 bits per heavy atom. The van der Waals surface area contributed by atoms with E-state index >= 15 is 0 Å². The first-order valence-electron chi connectivity index (χ1n) is 38.7. The maximum atomic E-state index is 10.3. The molecule has 0 atom stereocenters. The molecule has 0 saturated heterocycles. The number of ether oxygens (including phenoxy) is 1. The first-order valence-corrected chi connectivity index (χ1v) is 30.7. The van der Waals surface area contributed by atoms with Crippen LogP contribution in [0.4, 0.5) is 22.7 Å². The molecule has 460 valence electrons. The zero-order valence-electron chi connectivity index (χ0n) is 70.2. The van der Waals surface area contributed by atoms with Gasteiger partial charge < -0.3 is 19.1 Å². The molecule has 0 N–H and O–H groups in total. The molecule has 0 amide bonds. The van der Waals surface area contributed by atoms with Gasteiger partial charge in [0.2, 0.25) is 0 Å². The molecule has 5 nitrogen and oxygen atoms in total. The van der Waals surface area contributed by atoms with Gasteiger partial charge in [0.25, 0.3) is 0 Å². The van der Waals surface area contributed by atoms with Crippen LogP contribution in [0.5, 0.6) is 11.5 Å². The van der Waals surface area contributed by atoms with Crippen LogP contribution < -0.4 is 14.5 Å². The molecule has 0 unspecified atom stereocenters. The van der Waals surface area contributed by atoms with E-state index in [0.29, 0.717) is 50.3 Å². The van der Waals surface area contributed by atoms with Gasteiger partial charge in [-0.2, -0.15) is 12.1 Å². The molecule has 1 aliphatic heterocycles. The predicted octanol–water partition coefficient (Wildman–Crippen LogP) is 23.2. The summed E-state index contributed by atoms with van der Waals surface area (Å²) in [7, 11) is 0. The second-order valence-corrected chi connectivity index (χ2v) is 29.3. The second-order valence-electron chi connectivity index (χ2n) is 29.3. The van der Waals surface area contributed by atoms with E-state index in [-0.39, 0.29) is 130 Å². The van der Waals surface area contributed by atoms with Crippen LogP contribution in [-0.2, 0) is 53.6 Å². The summed E-state index contributed by atoms with van der Waals surface area (Å²) < 4.78 is 158. The Morgan fingerprint density at radius 2 is 1.09 bits per heavy atom. The Kier molecular flexibility index (Phi) is 11.4. The molecule has 13 rings (SSSR count). The molecule has 90 heavy (non-hydrogen) atoms. The summed E-state index contributed by atoms with van der Waals surface area (Å²) >= 11 is 0. The number of rotatable bonds is 9. The van der Waals surface area contributed by atoms with Gasteiger partial charge in [-0.3, -0.25) is 0 Å². The minimum atomic E-state index is -0.764. The Morgan fingerprint density at radius 3 is 1.74 bits per heavy atom. The molecule has 0 radical (unpaired) electrons. The monoisotopic (exact) mass is 1380 g/mol. The molecule has 2 aromatic heterocycles. The normalized spacial score (nSPS) is 17.3. The predicted molar refractivity (Wildman–Crippen MR) is 376 cm³/mol. The fourth-order valence-electron chi connectivity index (χ4n) is 12.3. The second kappa shape index (κ2) is 22.7. The number of anilines is 4. The van der Waals surface area contributed by atoms with Gasteiger partial charge in [-0.15, -0.1) is 48.1 Å². The Labute approximate surface area is 573 Å². The molecule has 9 aromatic carbocycles. The molecule has 0 spiro atoms. The smallest absolute Gasteiger partial charge is 0.135 e. The van der Waals surface area contributed by atoms with Gasteiger partial charge in [0, 0.05) is 78.0 Å². The third kappa shape index (κ3) is 11.5. The number of aromatic nitrogens is 2. The van der Waals surface area contributed by atoms with Crippen molar-refractivity contribution in [3.8, 4) is 61.8 Å². The van der Waals surface area contributed by atoms with Crippen molar-refractivity contribution in [1.82, 2.24) is 9.55 Å². The summed E-state index contributed by atoms with van der Waals surface area (Å²) in [6, 6.07) is 30.3. The van der Waals surface area contributed by atoms with E-state index in [1.165, 1.54) is 17.3 Å². The van der Waals surface area contributed by atoms with Crippen molar-refractivity contribution in [1.29, 1.82) is 0 Å². The summed E-state index contributed by atoms with van der Waals surface area (Å²) in [5.74, 6) is 0.638. The van der Waals surface area contributed by atoms with E-state index in [0.717, 1.165) is 35.2 Å². The maximum absolute atomic E-state index is 10.3. The quantitative estimate of drug-likeness (QED) is 0.135. The molecule has 6 heteroatoms. The number of para-hydroxylation sites is 3. The van der Waals surface area contributed by atoms with E-state index < -0.39 is 76.0 Å². The average Bonchev–Trinajstić information content (AvgIpc) is 1.41. The maximum Gasteiger partial charge on any atom is 0.135 e. The minimum Gasteiger partial charge on any atom is -0.509 e. The van der Waals surface area contributed by atoms with E-state index in [2.05, 4.69) is 84.9 Å². The topological polar surface area (TPSA) is 33.5 Å². The zero-order valence-corrected chi connectivity index (χ0v) is 56.5. The first kappa shape index (κ1) is 45.3. The summed E-state index contributed by atoms with van der Waals surface area (Å²) in [5, 5.41) is 0.613. The Balaban J connectivity index is 0.0000105. The summed E-state index contributed by atoms with van der Waals surface area (Å²) in [4.78, 5) is 8.86. The van der Waals surface area contributed by atoms with Gasteiger partial charge >= 0.3 is 0 Å². The van der Waals surface area contributed by atoms with Crippen molar-refractivity contribution >= 4 is 44.6 Å². The number of hydrogen-bond acceptors (Lipinski definition) is 4. The molecular formula is C84H85N4OPt-3. The molecule has 0 bridgehead atoms. The van der Waals surface area contributed by atoms with Crippen molar-refractivity contribution < 1.29 is 47.7 Å².